The van der Waals surface area contributed by atoms with Crippen LogP contribution in [0.15, 0.2) is 133 Å². The van der Waals surface area contributed by atoms with Crippen LogP contribution in [-0.4, -0.2) is 10.2 Å². The molecule has 0 saturated heterocycles. The number of hydrogen-bond acceptors (Lipinski definition) is 3. The summed E-state index contributed by atoms with van der Waals surface area (Å²) in [5.74, 6) is 1.98. The first-order valence-corrected chi connectivity index (χ1v) is 12.6. The molecule has 0 aromatic heterocycles. The molecule has 38 heavy (non-hydrogen) atoms. The molecule has 0 heterocycles. The average molecular weight is 493 g/mol. The summed E-state index contributed by atoms with van der Waals surface area (Å²) >= 11 is 0. The molecule has 0 spiro atoms. The second-order valence-electron chi connectivity index (χ2n) is 9.71. The molecule has 1 aliphatic rings. The van der Waals surface area contributed by atoms with E-state index in [1.807, 2.05) is 48.5 Å². The zero-order valence-electron chi connectivity index (χ0n) is 20.5. The van der Waals surface area contributed by atoms with Gasteiger partial charge in [-0.1, -0.05) is 84.9 Å². The molecule has 7 rings (SSSR count). The Bertz CT molecular complexity index is 1760. The van der Waals surface area contributed by atoms with Crippen LogP contribution < -0.4 is 4.74 Å². The highest BCUT2D eigenvalue weighted by atomic mass is 16.5. The van der Waals surface area contributed by atoms with Crippen molar-refractivity contribution < 1.29 is 14.9 Å². The zero-order valence-corrected chi connectivity index (χ0v) is 20.5. The number of aromatic hydroxyl groups is 2. The van der Waals surface area contributed by atoms with Crippen molar-refractivity contribution in [1.29, 1.82) is 0 Å². The smallest absolute Gasteiger partial charge is 0.128 e. The lowest BCUT2D eigenvalue weighted by Gasteiger charge is -2.34. The van der Waals surface area contributed by atoms with E-state index in [2.05, 4.69) is 60.7 Å². The van der Waals surface area contributed by atoms with Crippen molar-refractivity contribution in [1.82, 2.24) is 0 Å². The van der Waals surface area contributed by atoms with Gasteiger partial charge in [-0.2, -0.15) is 0 Å². The van der Waals surface area contributed by atoms with Crippen molar-refractivity contribution in [2.75, 3.05) is 0 Å². The van der Waals surface area contributed by atoms with E-state index in [1.165, 1.54) is 22.3 Å². The van der Waals surface area contributed by atoms with Gasteiger partial charge >= 0.3 is 0 Å². The molecule has 182 valence electrons. The average Bonchev–Trinajstić information content (AvgIpc) is 3.25. The molecule has 0 aliphatic heterocycles. The third kappa shape index (κ3) is 3.36. The fourth-order valence-electron chi connectivity index (χ4n) is 5.92. The topological polar surface area (TPSA) is 49.7 Å². The first kappa shape index (κ1) is 22.2. The predicted octanol–water partition coefficient (Wildman–Crippen LogP) is 8.41. The molecule has 0 radical (unpaired) electrons. The first-order valence-electron chi connectivity index (χ1n) is 12.6. The molecular weight excluding hydrogens is 468 g/mol. The van der Waals surface area contributed by atoms with Gasteiger partial charge in [0.2, 0.25) is 0 Å². The van der Waals surface area contributed by atoms with E-state index in [1.54, 1.807) is 24.3 Å². The van der Waals surface area contributed by atoms with Gasteiger partial charge in [-0.25, -0.2) is 0 Å². The molecule has 0 fully saturated rings. The highest BCUT2D eigenvalue weighted by Gasteiger charge is 2.45. The lowest BCUT2D eigenvalue weighted by atomic mass is 9.68. The lowest BCUT2D eigenvalue weighted by molar-refractivity contribution is 0.474. The van der Waals surface area contributed by atoms with Crippen molar-refractivity contribution in [2.24, 2.45) is 0 Å². The van der Waals surface area contributed by atoms with E-state index in [9.17, 15) is 10.2 Å². The SMILES string of the molecule is Oc1ccc(C2(c3ccc(Oc4ccc5cc(O)ccc5c4)cc3)c3ccccc3-c3ccccc32)cc1. The summed E-state index contributed by atoms with van der Waals surface area (Å²) in [6, 6.07) is 44.2. The third-order valence-corrected chi connectivity index (χ3v) is 7.57. The largest absolute Gasteiger partial charge is 0.508 e. The summed E-state index contributed by atoms with van der Waals surface area (Å²) in [7, 11) is 0. The van der Waals surface area contributed by atoms with Crippen molar-refractivity contribution in [2.45, 2.75) is 5.41 Å². The minimum absolute atomic E-state index is 0.248. The Morgan fingerprint density at radius 3 is 1.61 bits per heavy atom. The first-order chi connectivity index (χ1) is 18.6. The molecule has 6 aromatic carbocycles. The molecule has 2 N–H and O–H groups in total. The monoisotopic (exact) mass is 492 g/mol. The van der Waals surface area contributed by atoms with E-state index < -0.39 is 5.41 Å². The molecule has 3 heteroatoms. The van der Waals surface area contributed by atoms with E-state index in [4.69, 9.17) is 4.74 Å². The molecule has 0 unspecified atom stereocenters. The van der Waals surface area contributed by atoms with Crippen LogP contribution in [0.2, 0.25) is 0 Å². The Hall–Kier alpha value is -5.02. The van der Waals surface area contributed by atoms with Gasteiger partial charge in [0.15, 0.2) is 0 Å². The number of rotatable bonds is 4. The molecule has 0 amide bonds. The van der Waals surface area contributed by atoms with Gasteiger partial charge in [-0.15, -0.1) is 0 Å². The van der Waals surface area contributed by atoms with Crippen LogP contribution in [0.1, 0.15) is 22.3 Å². The van der Waals surface area contributed by atoms with E-state index in [0.717, 1.165) is 33.4 Å². The van der Waals surface area contributed by atoms with Gasteiger partial charge in [0.1, 0.15) is 23.0 Å². The van der Waals surface area contributed by atoms with E-state index in [-0.39, 0.29) is 11.5 Å². The van der Waals surface area contributed by atoms with E-state index in [0.29, 0.717) is 0 Å². The van der Waals surface area contributed by atoms with Gasteiger partial charge in [-0.05, 0) is 92.7 Å². The Labute approximate surface area is 220 Å². The highest BCUT2D eigenvalue weighted by Crippen LogP contribution is 2.56. The Morgan fingerprint density at radius 2 is 0.947 bits per heavy atom. The minimum atomic E-state index is -0.523. The maximum atomic E-state index is 10.1. The number of phenolic OH excluding ortho intramolecular Hbond substituents is 2. The van der Waals surface area contributed by atoms with Gasteiger partial charge in [0, 0.05) is 0 Å². The van der Waals surface area contributed by atoms with Gasteiger partial charge in [0.25, 0.3) is 0 Å². The minimum Gasteiger partial charge on any atom is -0.508 e. The molecule has 0 bridgehead atoms. The second-order valence-corrected chi connectivity index (χ2v) is 9.71. The van der Waals surface area contributed by atoms with Gasteiger partial charge < -0.3 is 14.9 Å². The number of hydrogen-bond donors (Lipinski definition) is 2. The van der Waals surface area contributed by atoms with Crippen LogP contribution in [0.3, 0.4) is 0 Å². The standard InChI is InChI=1S/C35H24O3/c36-27-16-11-25(12-17-27)35(33-7-3-1-5-31(33)32-6-2-4-8-34(32)35)26-13-19-29(20-14-26)38-30-18-10-23-21-28(37)15-9-24(23)22-30/h1-22,36-37H. The van der Waals surface area contributed by atoms with Crippen molar-refractivity contribution in [3.63, 3.8) is 0 Å². The van der Waals surface area contributed by atoms with Crippen LogP contribution in [0.25, 0.3) is 21.9 Å². The van der Waals surface area contributed by atoms with E-state index >= 15 is 0 Å². The third-order valence-electron chi connectivity index (χ3n) is 7.57. The van der Waals surface area contributed by atoms with Gasteiger partial charge in [0.05, 0.1) is 5.41 Å². The van der Waals surface area contributed by atoms with Crippen LogP contribution >= 0.6 is 0 Å². The molecular formula is C35H24O3. The second kappa shape index (κ2) is 8.53. The highest BCUT2D eigenvalue weighted by molar-refractivity contribution is 5.87. The summed E-state index contributed by atoms with van der Waals surface area (Å²) < 4.78 is 6.23. The fraction of sp³-hybridized carbons (Fsp3) is 0.0286. The molecule has 1 aliphatic carbocycles. The molecule has 0 saturated carbocycles. The normalized spacial score (nSPS) is 13.2. The van der Waals surface area contributed by atoms with Crippen LogP contribution in [0, 0.1) is 0 Å². The summed E-state index contributed by atoms with van der Waals surface area (Å²) in [5.41, 5.74) is 6.58. The lowest BCUT2D eigenvalue weighted by Crippen LogP contribution is -2.28. The van der Waals surface area contributed by atoms with Crippen molar-refractivity contribution >= 4 is 10.8 Å². The Balaban J connectivity index is 1.35. The molecule has 3 nitrogen and oxygen atoms in total. The van der Waals surface area contributed by atoms with Gasteiger partial charge in [-0.3, -0.25) is 0 Å². The van der Waals surface area contributed by atoms with Crippen molar-refractivity contribution in [3.05, 3.63) is 156 Å². The van der Waals surface area contributed by atoms with Crippen LogP contribution in [-0.2, 0) is 5.41 Å². The van der Waals surface area contributed by atoms with Crippen LogP contribution in [0.4, 0.5) is 0 Å². The van der Waals surface area contributed by atoms with Crippen LogP contribution in [0.5, 0.6) is 23.0 Å². The quantitative estimate of drug-likeness (QED) is 0.259. The number of fused-ring (bicyclic) bond motifs is 4. The number of ether oxygens (including phenoxy) is 1. The van der Waals surface area contributed by atoms with Crippen molar-refractivity contribution in [3.8, 4) is 34.1 Å². The number of benzene rings is 6. The molecule has 0 atom stereocenters. The number of phenols is 2. The summed E-state index contributed by atoms with van der Waals surface area (Å²) in [4.78, 5) is 0. The summed E-state index contributed by atoms with van der Waals surface area (Å²) in [6.07, 6.45) is 0. The summed E-state index contributed by atoms with van der Waals surface area (Å²) in [5, 5.41) is 21.8. The summed E-state index contributed by atoms with van der Waals surface area (Å²) in [6.45, 7) is 0. The maximum absolute atomic E-state index is 10.1. The zero-order chi connectivity index (χ0) is 25.7. The maximum Gasteiger partial charge on any atom is 0.128 e. The molecule has 6 aromatic rings. The Kier molecular flexibility index (Phi) is 4.98. The fourth-order valence-corrected chi connectivity index (χ4v) is 5.92. The predicted molar refractivity (Wildman–Crippen MR) is 151 cm³/mol. The Morgan fingerprint density at radius 1 is 0.447 bits per heavy atom.